The molecule has 1 saturated heterocycles. The molecule has 1 aliphatic heterocycles. The van der Waals surface area contributed by atoms with Gasteiger partial charge in [-0.2, -0.15) is 5.10 Å². The summed E-state index contributed by atoms with van der Waals surface area (Å²) in [5, 5.41) is 12.3. The van der Waals surface area contributed by atoms with Gasteiger partial charge in [0.15, 0.2) is 11.5 Å². The van der Waals surface area contributed by atoms with Crippen molar-refractivity contribution in [2.24, 2.45) is 0 Å². The maximum Gasteiger partial charge on any atom is 0.180 e. The highest BCUT2D eigenvalue weighted by molar-refractivity contribution is 5.96. The number of rotatable bonds is 7. The van der Waals surface area contributed by atoms with Crippen LogP contribution in [0.15, 0.2) is 79.3 Å². The second kappa shape index (κ2) is 10.3. The van der Waals surface area contributed by atoms with E-state index in [1.165, 1.54) is 30.5 Å². The highest BCUT2D eigenvalue weighted by Crippen LogP contribution is 2.32. The fraction of sp³-hybridized carbons (Fsp3) is 0.226. The Balaban J connectivity index is 1.18. The number of piperidine rings is 1. The highest BCUT2D eigenvalue weighted by atomic mass is 15.2. The minimum Gasteiger partial charge on any atom is -0.370 e. The van der Waals surface area contributed by atoms with E-state index in [1.54, 1.807) is 0 Å². The molecule has 3 N–H and O–H groups in total. The predicted molar refractivity (Wildman–Crippen MR) is 155 cm³/mol. The number of nitrogens with one attached hydrogen (secondary N) is 3. The molecule has 0 atom stereocenters. The summed E-state index contributed by atoms with van der Waals surface area (Å²) in [5.74, 6) is 0.724. The summed E-state index contributed by atoms with van der Waals surface area (Å²) in [6.45, 7) is 3.70. The van der Waals surface area contributed by atoms with Gasteiger partial charge in [-0.25, -0.2) is 9.97 Å². The standard InChI is InChI=1S/C31H30N8/c1-3-7-21(8-4-1)17-32-18-22-15-24(20-33-19-22)23-9-10-26-25(16-23)28(38-37-26)31-35-29-27(11-12-34-30(29)36-31)39-13-5-2-6-14-39/h1,3-4,7-12,15-16,19-20,32H,2,5-6,13-14,17-18H2,(H,37,38)(H,34,35,36). The monoisotopic (exact) mass is 514 g/mol. The maximum absolute atomic E-state index is 4.84. The molecule has 194 valence electrons. The van der Waals surface area contributed by atoms with Crippen LogP contribution in [0.4, 0.5) is 5.69 Å². The van der Waals surface area contributed by atoms with Gasteiger partial charge in [-0.3, -0.25) is 10.1 Å². The molecule has 5 heterocycles. The molecule has 0 radical (unpaired) electrons. The molecular weight excluding hydrogens is 484 g/mol. The Morgan fingerprint density at radius 3 is 2.62 bits per heavy atom. The maximum atomic E-state index is 4.84. The second-order valence-corrected chi connectivity index (χ2v) is 10.2. The number of hydrogen-bond donors (Lipinski definition) is 3. The molecule has 8 heteroatoms. The molecule has 0 aliphatic carbocycles. The molecule has 0 spiro atoms. The van der Waals surface area contributed by atoms with Crippen molar-refractivity contribution in [2.45, 2.75) is 32.4 Å². The van der Waals surface area contributed by atoms with Crippen molar-refractivity contribution >= 4 is 27.8 Å². The number of H-pyrrole nitrogens is 2. The number of aromatic nitrogens is 6. The third kappa shape index (κ3) is 4.75. The van der Waals surface area contributed by atoms with Crippen LogP contribution in [-0.4, -0.2) is 43.2 Å². The first-order chi connectivity index (χ1) is 19.3. The third-order valence-corrected chi connectivity index (χ3v) is 7.48. The molecule has 0 bridgehead atoms. The molecular formula is C31H30N8. The zero-order chi connectivity index (χ0) is 26.0. The van der Waals surface area contributed by atoms with Gasteiger partial charge in [0.2, 0.25) is 0 Å². The Labute approximate surface area is 226 Å². The first-order valence-corrected chi connectivity index (χ1v) is 13.6. The zero-order valence-electron chi connectivity index (χ0n) is 21.7. The molecule has 1 aliphatic rings. The highest BCUT2D eigenvalue weighted by Gasteiger charge is 2.19. The van der Waals surface area contributed by atoms with Crippen LogP contribution < -0.4 is 10.2 Å². The van der Waals surface area contributed by atoms with Crippen molar-refractivity contribution in [1.29, 1.82) is 0 Å². The van der Waals surface area contributed by atoms with Gasteiger partial charge in [-0.05, 0) is 60.2 Å². The summed E-state index contributed by atoms with van der Waals surface area (Å²) in [6.07, 6.45) is 9.42. The summed E-state index contributed by atoms with van der Waals surface area (Å²) in [6, 6.07) is 21.1. The zero-order valence-corrected chi connectivity index (χ0v) is 21.7. The van der Waals surface area contributed by atoms with E-state index in [0.717, 1.165) is 76.5 Å². The van der Waals surface area contributed by atoms with Crippen LogP contribution >= 0.6 is 0 Å². The predicted octanol–water partition coefficient (Wildman–Crippen LogP) is 5.84. The Kier molecular flexibility index (Phi) is 6.22. The number of nitrogens with zero attached hydrogens (tertiary/aromatic N) is 5. The van der Waals surface area contributed by atoms with Crippen molar-refractivity contribution in [3.05, 3.63) is 90.4 Å². The van der Waals surface area contributed by atoms with E-state index >= 15 is 0 Å². The lowest BCUT2D eigenvalue weighted by Crippen LogP contribution is -2.29. The van der Waals surface area contributed by atoms with E-state index in [1.807, 2.05) is 24.7 Å². The molecule has 8 nitrogen and oxygen atoms in total. The van der Waals surface area contributed by atoms with Crippen molar-refractivity contribution in [2.75, 3.05) is 18.0 Å². The SMILES string of the molecule is c1ccc(CNCc2cncc(-c3ccc4[nH]nc(-c5nc6nccc(N7CCCCC7)c6[nH]5)c4c3)c2)cc1. The van der Waals surface area contributed by atoms with E-state index in [0.29, 0.717) is 0 Å². The summed E-state index contributed by atoms with van der Waals surface area (Å²) >= 11 is 0. The number of hydrogen-bond acceptors (Lipinski definition) is 6. The van der Waals surface area contributed by atoms with Crippen LogP contribution in [0.3, 0.4) is 0 Å². The molecule has 0 amide bonds. The minimum absolute atomic E-state index is 0.722. The lowest BCUT2D eigenvalue weighted by atomic mass is 10.0. The Hall–Kier alpha value is -4.56. The van der Waals surface area contributed by atoms with E-state index in [9.17, 15) is 0 Å². The lowest BCUT2D eigenvalue weighted by molar-refractivity contribution is 0.578. The smallest absolute Gasteiger partial charge is 0.180 e. The fourth-order valence-corrected chi connectivity index (χ4v) is 5.47. The van der Waals surface area contributed by atoms with Crippen LogP contribution in [0, 0.1) is 0 Å². The molecule has 0 unspecified atom stereocenters. The minimum atomic E-state index is 0.722. The van der Waals surface area contributed by atoms with Crippen LogP contribution in [-0.2, 0) is 13.1 Å². The first-order valence-electron chi connectivity index (χ1n) is 13.6. The van der Waals surface area contributed by atoms with Gasteiger partial charge in [-0.15, -0.1) is 0 Å². The van der Waals surface area contributed by atoms with E-state index in [-0.39, 0.29) is 0 Å². The topological polar surface area (TPSA) is 98.4 Å². The molecule has 4 aromatic heterocycles. The van der Waals surface area contributed by atoms with Gasteiger partial charge in [0.25, 0.3) is 0 Å². The van der Waals surface area contributed by atoms with Gasteiger partial charge < -0.3 is 15.2 Å². The summed E-state index contributed by atoms with van der Waals surface area (Å²) in [5.41, 5.74) is 9.19. The molecule has 7 rings (SSSR count). The quantitative estimate of drug-likeness (QED) is 0.247. The van der Waals surface area contributed by atoms with Crippen molar-refractivity contribution in [1.82, 2.24) is 35.5 Å². The van der Waals surface area contributed by atoms with Gasteiger partial charge in [-0.1, -0.05) is 36.4 Å². The molecule has 39 heavy (non-hydrogen) atoms. The average molecular weight is 515 g/mol. The van der Waals surface area contributed by atoms with Crippen molar-refractivity contribution in [3.63, 3.8) is 0 Å². The van der Waals surface area contributed by atoms with E-state index < -0.39 is 0 Å². The van der Waals surface area contributed by atoms with Crippen LogP contribution in [0.5, 0.6) is 0 Å². The Bertz CT molecular complexity index is 1730. The second-order valence-electron chi connectivity index (χ2n) is 10.2. The van der Waals surface area contributed by atoms with Crippen LogP contribution in [0.1, 0.15) is 30.4 Å². The number of pyridine rings is 2. The Morgan fingerprint density at radius 1 is 0.846 bits per heavy atom. The number of imidazole rings is 1. The van der Waals surface area contributed by atoms with E-state index in [4.69, 9.17) is 4.98 Å². The normalized spacial score (nSPS) is 13.9. The van der Waals surface area contributed by atoms with Crippen LogP contribution in [0.25, 0.3) is 44.7 Å². The van der Waals surface area contributed by atoms with E-state index in [2.05, 4.69) is 90.0 Å². The first kappa shape index (κ1) is 23.5. The van der Waals surface area contributed by atoms with Gasteiger partial charge in [0.1, 0.15) is 11.2 Å². The van der Waals surface area contributed by atoms with Gasteiger partial charge >= 0.3 is 0 Å². The van der Waals surface area contributed by atoms with Crippen molar-refractivity contribution in [3.8, 4) is 22.6 Å². The number of anilines is 1. The number of fused-ring (bicyclic) bond motifs is 2. The summed E-state index contributed by atoms with van der Waals surface area (Å²) in [7, 11) is 0. The largest absolute Gasteiger partial charge is 0.370 e. The fourth-order valence-electron chi connectivity index (χ4n) is 5.47. The molecule has 6 aromatic rings. The third-order valence-electron chi connectivity index (χ3n) is 7.48. The molecule has 0 saturated carbocycles. The average Bonchev–Trinajstić information content (AvgIpc) is 3.62. The number of benzene rings is 2. The molecule has 2 aromatic carbocycles. The number of aromatic amines is 2. The summed E-state index contributed by atoms with van der Waals surface area (Å²) < 4.78 is 0. The molecule has 1 fully saturated rings. The Morgan fingerprint density at radius 2 is 1.72 bits per heavy atom. The van der Waals surface area contributed by atoms with Crippen LogP contribution in [0.2, 0.25) is 0 Å². The van der Waals surface area contributed by atoms with Crippen molar-refractivity contribution < 1.29 is 0 Å². The van der Waals surface area contributed by atoms with Gasteiger partial charge in [0, 0.05) is 55.7 Å². The van der Waals surface area contributed by atoms with Gasteiger partial charge in [0.05, 0.1) is 11.2 Å². The summed E-state index contributed by atoms with van der Waals surface area (Å²) in [4.78, 5) is 19.9. The lowest BCUT2D eigenvalue weighted by Gasteiger charge is -2.28.